The fourth-order valence-corrected chi connectivity index (χ4v) is 4.77. The van der Waals surface area contributed by atoms with Crippen LogP contribution < -0.4 is 5.48 Å². The number of nitrogens with zero attached hydrogens (tertiary/aromatic N) is 1. The van der Waals surface area contributed by atoms with Crippen molar-refractivity contribution >= 4 is 23.2 Å². The molecule has 0 radical (unpaired) electrons. The summed E-state index contributed by atoms with van der Waals surface area (Å²) in [5.74, 6) is 4.15. The minimum Gasteiger partial charge on any atom is -0.363 e. The molecule has 0 saturated carbocycles. The van der Waals surface area contributed by atoms with E-state index in [9.17, 15) is 22.8 Å². The van der Waals surface area contributed by atoms with E-state index in [-0.39, 0.29) is 18.4 Å². The van der Waals surface area contributed by atoms with Gasteiger partial charge < -0.3 is 9.74 Å². The van der Waals surface area contributed by atoms with E-state index in [4.69, 9.17) is 0 Å². The lowest BCUT2D eigenvalue weighted by Gasteiger charge is -2.32. The molecule has 5 nitrogen and oxygen atoms in total. The van der Waals surface area contributed by atoms with E-state index in [1.165, 1.54) is 11.3 Å². The summed E-state index contributed by atoms with van der Waals surface area (Å²) < 4.78 is 36.7. The van der Waals surface area contributed by atoms with Crippen molar-refractivity contribution in [3.8, 4) is 11.8 Å². The standard InChI is InChI=1S/C27H23F3N2O3S/c28-27(29,30)26(34)35-31-18-20-7-4-8-22(17-20)21-13-15-32(16-14-21)25(33)24-12-11-23(36-24)10-9-19-5-2-1-3-6-19/h1-8,11-12,17,21,31H,13-16,18H2. The van der Waals surface area contributed by atoms with Crippen LogP contribution >= 0.6 is 11.3 Å². The largest absolute Gasteiger partial charge is 0.492 e. The van der Waals surface area contributed by atoms with Gasteiger partial charge in [0.2, 0.25) is 0 Å². The summed E-state index contributed by atoms with van der Waals surface area (Å²) in [5, 5.41) is 0. The fourth-order valence-electron chi connectivity index (χ4n) is 3.95. The van der Waals surface area contributed by atoms with Gasteiger partial charge in [0.05, 0.1) is 16.3 Å². The van der Waals surface area contributed by atoms with Crippen molar-refractivity contribution in [1.29, 1.82) is 0 Å². The molecule has 1 aliphatic heterocycles. The topological polar surface area (TPSA) is 58.6 Å². The van der Waals surface area contributed by atoms with Crippen molar-refractivity contribution in [2.75, 3.05) is 13.1 Å². The molecule has 2 aromatic carbocycles. The number of carbonyl (C=O) groups is 2. The molecule has 0 aliphatic carbocycles. The van der Waals surface area contributed by atoms with Crippen LogP contribution in [0, 0.1) is 11.8 Å². The number of hydrogen-bond acceptors (Lipinski definition) is 5. The molecule has 1 N–H and O–H groups in total. The van der Waals surface area contributed by atoms with Crippen LogP contribution in [0.1, 0.15) is 50.0 Å². The van der Waals surface area contributed by atoms with Crippen LogP contribution in [0.15, 0.2) is 66.7 Å². The second-order valence-electron chi connectivity index (χ2n) is 8.30. The van der Waals surface area contributed by atoms with Gasteiger partial charge in [0.15, 0.2) is 0 Å². The van der Waals surface area contributed by atoms with Crippen molar-refractivity contribution in [2.45, 2.75) is 31.5 Å². The van der Waals surface area contributed by atoms with Gasteiger partial charge in [0, 0.05) is 18.7 Å². The molecule has 0 bridgehead atoms. The average Bonchev–Trinajstić information content (AvgIpc) is 3.36. The van der Waals surface area contributed by atoms with Gasteiger partial charge in [-0.2, -0.15) is 13.2 Å². The number of halogens is 3. The Hall–Kier alpha value is -3.61. The Balaban J connectivity index is 1.29. The molecule has 3 aromatic rings. The molecule has 1 amide bonds. The summed E-state index contributed by atoms with van der Waals surface area (Å²) in [6.45, 7) is 1.18. The molecule has 1 fully saturated rings. The quantitative estimate of drug-likeness (QED) is 0.374. The van der Waals surface area contributed by atoms with E-state index in [1.54, 1.807) is 6.07 Å². The van der Waals surface area contributed by atoms with Crippen LogP contribution in [0.2, 0.25) is 0 Å². The summed E-state index contributed by atoms with van der Waals surface area (Å²) in [7, 11) is 0. The molecular formula is C27H23F3N2O3S. The van der Waals surface area contributed by atoms with Gasteiger partial charge in [-0.3, -0.25) is 4.79 Å². The van der Waals surface area contributed by atoms with E-state index in [0.29, 0.717) is 23.5 Å². The predicted octanol–water partition coefficient (Wildman–Crippen LogP) is 5.28. The van der Waals surface area contributed by atoms with Crippen LogP contribution in [0.25, 0.3) is 0 Å². The molecule has 0 spiro atoms. The maximum absolute atomic E-state index is 13.0. The summed E-state index contributed by atoms with van der Waals surface area (Å²) >= 11 is 1.39. The third kappa shape index (κ3) is 6.74. The Bertz CT molecular complexity index is 1270. The molecule has 1 aromatic heterocycles. The monoisotopic (exact) mass is 512 g/mol. The number of carbonyl (C=O) groups excluding carboxylic acids is 2. The fraction of sp³-hybridized carbons (Fsp3) is 0.259. The highest BCUT2D eigenvalue weighted by atomic mass is 32.1. The Labute approximate surface area is 210 Å². The van der Waals surface area contributed by atoms with Gasteiger partial charge in [-0.1, -0.05) is 54.3 Å². The van der Waals surface area contributed by atoms with Crippen molar-refractivity contribution in [2.24, 2.45) is 0 Å². The minimum atomic E-state index is -5.04. The molecule has 2 heterocycles. The molecule has 186 valence electrons. The Morgan fingerprint density at radius 2 is 1.75 bits per heavy atom. The number of nitrogens with one attached hydrogen (secondary N) is 1. The van der Waals surface area contributed by atoms with Crippen molar-refractivity contribution in [3.63, 3.8) is 0 Å². The van der Waals surface area contributed by atoms with Crippen LogP contribution in [-0.2, 0) is 16.2 Å². The number of hydrogen-bond donors (Lipinski definition) is 1. The lowest BCUT2D eigenvalue weighted by molar-refractivity contribution is -0.207. The first-order valence-electron chi connectivity index (χ1n) is 11.4. The van der Waals surface area contributed by atoms with Gasteiger partial charge in [-0.25, -0.2) is 4.79 Å². The van der Waals surface area contributed by atoms with E-state index < -0.39 is 12.1 Å². The lowest BCUT2D eigenvalue weighted by atomic mass is 9.88. The maximum atomic E-state index is 13.0. The summed E-state index contributed by atoms with van der Waals surface area (Å²) in [5.41, 5.74) is 4.72. The van der Waals surface area contributed by atoms with Gasteiger partial charge >= 0.3 is 12.1 Å². The van der Waals surface area contributed by atoms with Gasteiger partial charge in [0.25, 0.3) is 5.91 Å². The normalized spacial score (nSPS) is 14.1. The van der Waals surface area contributed by atoms with E-state index in [2.05, 4.69) is 22.2 Å². The van der Waals surface area contributed by atoms with Gasteiger partial charge in [-0.05, 0) is 54.2 Å². The number of rotatable bonds is 5. The first-order valence-corrected chi connectivity index (χ1v) is 12.2. The number of hydroxylamine groups is 1. The highest BCUT2D eigenvalue weighted by molar-refractivity contribution is 7.14. The Morgan fingerprint density at radius 3 is 2.47 bits per heavy atom. The zero-order valence-corrected chi connectivity index (χ0v) is 20.0. The average molecular weight is 513 g/mol. The van der Waals surface area contributed by atoms with Gasteiger partial charge in [-0.15, -0.1) is 16.8 Å². The Kier molecular flexibility index (Phi) is 8.08. The lowest BCUT2D eigenvalue weighted by Crippen LogP contribution is -2.37. The first kappa shape index (κ1) is 25.5. The minimum absolute atomic E-state index is 0.00403. The zero-order chi connectivity index (χ0) is 25.5. The van der Waals surface area contributed by atoms with Crippen molar-refractivity contribution < 1.29 is 27.6 Å². The molecule has 0 unspecified atom stereocenters. The van der Waals surface area contributed by atoms with E-state index in [1.807, 2.05) is 65.6 Å². The predicted molar refractivity (Wildman–Crippen MR) is 130 cm³/mol. The SMILES string of the molecule is O=C(c1ccc(C#Cc2ccccc2)s1)N1CCC(c2cccc(CNOC(=O)C(F)(F)F)c2)CC1. The number of alkyl halides is 3. The van der Waals surface area contributed by atoms with Gasteiger partial charge in [0.1, 0.15) is 0 Å². The second kappa shape index (κ2) is 11.4. The van der Waals surface area contributed by atoms with Crippen molar-refractivity contribution in [1.82, 2.24) is 10.4 Å². The number of piperidine rings is 1. The van der Waals surface area contributed by atoms with E-state index >= 15 is 0 Å². The number of amides is 1. The number of thiophene rings is 1. The molecular weight excluding hydrogens is 489 g/mol. The van der Waals surface area contributed by atoms with E-state index in [0.717, 1.165) is 28.8 Å². The number of benzene rings is 2. The molecule has 36 heavy (non-hydrogen) atoms. The van der Waals surface area contributed by atoms with Crippen molar-refractivity contribution in [3.05, 3.63) is 93.2 Å². The molecule has 0 atom stereocenters. The molecule has 4 rings (SSSR count). The zero-order valence-electron chi connectivity index (χ0n) is 19.2. The highest BCUT2D eigenvalue weighted by Crippen LogP contribution is 2.30. The third-order valence-electron chi connectivity index (χ3n) is 5.80. The highest BCUT2D eigenvalue weighted by Gasteiger charge is 2.41. The second-order valence-corrected chi connectivity index (χ2v) is 9.38. The molecule has 1 saturated heterocycles. The molecule has 1 aliphatic rings. The first-order chi connectivity index (χ1) is 17.3. The van der Waals surface area contributed by atoms with Crippen LogP contribution in [0.5, 0.6) is 0 Å². The number of likely N-dealkylation sites (tertiary alicyclic amines) is 1. The maximum Gasteiger partial charge on any atom is 0.492 e. The van der Waals surface area contributed by atoms with Crippen LogP contribution in [-0.4, -0.2) is 36.0 Å². The molecule has 9 heteroatoms. The summed E-state index contributed by atoms with van der Waals surface area (Å²) in [6.07, 6.45) is -3.49. The smallest absolute Gasteiger partial charge is 0.363 e. The van der Waals surface area contributed by atoms with Crippen LogP contribution in [0.3, 0.4) is 0 Å². The Morgan fingerprint density at radius 1 is 1.00 bits per heavy atom. The third-order valence-corrected chi connectivity index (χ3v) is 6.79. The summed E-state index contributed by atoms with van der Waals surface area (Å²) in [4.78, 5) is 31.2. The van der Waals surface area contributed by atoms with Crippen LogP contribution in [0.4, 0.5) is 13.2 Å². The summed E-state index contributed by atoms with van der Waals surface area (Å²) in [6, 6.07) is 20.8.